The molecule has 2 atom stereocenters. The van der Waals surface area contributed by atoms with Gasteiger partial charge in [0.2, 0.25) is 5.71 Å². The maximum Gasteiger partial charge on any atom is 0.227 e. The number of rotatable bonds is 5. The van der Waals surface area contributed by atoms with Crippen LogP contribution < -0.4 is 0 Å². The number of allylic oxidation sites excluding steroid dienone is 5. The molecule has 6 rings (SSSR count). The van der Waals surface area contributed by atoms with Crippen molar-refractivity contribution in [1.82, 2.24) is 4.98 Å². The number of nitrogens with zero attached hydrogens (tertiary/aromatic N) is 3. The largest absolute Gasteiger partial charge is 0.437 e. The second-order valence-corrected chi connectivity index (χ2v) is 12.1. The lowest BCUT2D eigenvalue weighted by atomic mass is 9.75. The average molecular weight is 556 g/mol. The summed E-state index contributed by atoms with van der Waals surface area (Å²) in [5.41, 5.74) is 11.2. The van der Waals surface area contributed by atoms with Crippen molar-refractivity contribution in [2.45, 2.75) is 83.1 Å². The molecule has 0 bridgehead atoms. The fourth-order valence-electron chi connectivity index (χ4n) is 7.21. The molecule has 4 heterocycles. The number of furan rings is 1. The van der Waals surface area contributed by atoms with Crippen molar-refractivity contribution < 1.29 is 4.42 Å². The van der Waals surface area contributed by atoms with Crippen LogP contribution >= 0.6 is 0 Å². The third kappa shape index (κ3) is 5.08. The van der Waals surface area contributed by atoms with Crippen molar-refractivity contribution in [1.29, 1.82) is 0 Å². The molecule has 1 aromatic carbocycles. The Morgan fingerprint density at radius 3 is 2.43 bits per heavy atom. The van der Waals surface area contributed by atoms with Gasteiger partial charge in [0, 0.05) is 45.8 Å². The molecule has 4 nitrogen and oxygen atoms in total. The first-order chi connectivity index (χ1) is 20.4. The van der Waals surface area contributed by atoms with E-state index < -0.39 is 0 Å². The zero-order valence-corrected chi connectivity index (χ0v) is 25.1. The van der Waals surface area contributed by atoms with Crippen LogP contribution in [-0.4, -0.2) is 22.4 Å². The van der Waals surface area contributed by atoms with E-state index in [1.54, 1.807) is 6.08 Å². The van der Waals surface area contributed by atoms with E-state index in [2.05, 4.69) is 62.5 Å². The summed E-state index contributed by atoms with van der Waals surface area (Å²) in [7, 11) is 0. The highest BCUT2D eigenvalue weighted by Crippen LogP contribution is 2.43. The smallest absolute Gasteiger partial charge is 0.227 e. The van der Waals surface area contributed by atoms with Crippen LogP contribution in [0, 0.1) is 13.8 Å². The highest BCUT2D eigenvalue weighted by Gasteiger charge is 2.33. The van der Waals surface area contributed by atoms with Crippen LogP contribution in [0.3, 0.4) is 0 Å². The Balaban J connectivity index is 1.48. The molecule has 214 valence electrons. The SMILES string of the molecule is C=CC1=NC(=C)CC2N=C(C=C)c3ccc(C4CCCCC4)cc3C2CC/C(C=C)=C\1c1oc2nc(C)ccc2c1C. The van der Waals surface area contributed by atoms with Gasteiger partial charge < -0.3 is 4.42 Å². The van der Waals surface area contributed by atoms with Crippen molar-refractivity contribution in [3.63, 3.8) is 0 Å². The summed E-state index contributed by atoms with van der Waals surface area (Å²) >= 11 is 0. The van der Waals surface area contributed by atoms with Gasteiger partial charge in [-0.1, -0.05) is 69.9 Å². The molecule has 4 heteroatoms. The summed E-state index contributed by atoms with van der Waals surface area (Å²) < 4.78 is 6.45. The van der Waals surface area contributed by atoms with E-state index in [4.69, 9.17) is 14.4 Å². The van der Waals surface area contributed by atoms with Crippen LogP contribution in [0.1, 0.15) is 96.9 Å². The molecule has 0 amide bonds. The number of hydrogen-bond donors (Lipinski definition) is 0. The quantitative estimate of drug-likeness (QED) is 0.314. The first-order valence-corrected chi connectivity index (χ1v) is 15.4. The van der Waals surface area contributed by atoms with Crippen molar-refractivity contribution in [2.24, 2.45) is 9.98 Å². The fourth-order valence-corrected chi connectivity index (χ4v) is 7.21. The highest BCUT2D eigenvalue weighted by atomic mass is 16.3. The van der Waals surface area contributed by atoms with Gasteiger partial charge in [-0.25, -0.2) is 4.98 Å². The monoisotopic (exact) mass is 555 g/mol. The molecule has 0 saturated heterocycles. The van der Waals surface area contributed by atoms with Crippen molar-refractivity contribution in [2.75, 3.05) is 0 Å². The molecule has 2 aromatic heterocycles. The lowest BCUT2D eigenvalue weighted by Gasteiger charge is -2.34. The lowest BCUT2D eigenvalue weighted by molar-refractivity contribution is 0.441. The van der Waals surface area contributed by atoms with Gasteiger partial charge in [0.1, 0.15) is 5.76 Å². The number of hydrogen-bond acceptors (Lipinski definition) is 4. The van der Waals surface area contributed by atoms with Gasteiger partial charge in [0.25, 0.3) is 0 Å². The summed E-state index contributed by atoms with van der Waals surface area (Å²) in [5, 5.41) is 1.01. The molecule has 1 aliphatic carbocycles. The van der Waals surface area contributed by atoms with Crippen molar-refractivity contribution in [3.8, 4) is 0 Å². The van der Waals surface area contributed by atoms with Gasteiger partial charge in [-0.15, -0.1) is 0 Å². The van der Waals surface area contributed by atoms with Gasteiger partial charge in [-0.05, 0) is 86.4 Å². The van der Waals surface area contributed by atoms with Crippen LogP contribution in [-0.2, 0) is 0 Å². The van der Waals surface area contributed by atoms with Crippen molar-refractivity contribution >= 4 is 28.1 Å². The van der Waals surface area contributed by atoms with Crippen LogP contribution in [0.25, 0.3) is 16.7 Å². The molecule has 1 fully saturated rings. The molecule has 3 aromatic rings. The summed E-state index contributed by atoms with van der Waals surface area (Å²) in [6.45, 7) is 21.0. The minimum Gasteiger partial charge on any atom is -0.437 e. The molecule has 2 unspecified atom stereocenters. The predicted octanol–water partition coefficient (Wildman–Crippen LogP) is 9.90. The Labute approximate surface area is 250 Å². The average Bonchev–Trinajstić information content (AvgIpc) is 3.32. The highest BCUT2D eigenvalue weighted by molar-refractivity contribution is 6.30. The van der Waals surface area contributed by atoms with Crippen LogP contribution in [0.2, 0.25) is 0 Å². The third-order valence-electron chi connectivity index (χ3n) is 9.43. The second kappa shape index (κ2) is 11.7. The summed E-state index contributed by atoms with van der Waals surface area (Å²) in [6.07, 6.45) is 14.6. The van der Waals surface area contributed by atoms with Crippen LogP contribution in [0.15, 0.2) is 101 Å². The van der Waals surface area contributed by atoms with E-state index in [1.807, 2.05) is 25.1 Å². The molecular weight excluding hydrogens is 514 g/mol. The molecular formula is C38H41N3O. The van der Waals surface area contributed by atoms with Gasteiger partial charge >= 0.3 is 0 Å². The standard InChI is InChI=1S/C38H41N3O/c1-7-26-16-19-31-32-22-28(27-13-11-10-12-14-27)17-20-30(32)33(8-2)41-35(31)21-24(5)39-34(9-3)36(26)37-25(6)29-18-15-23(4)40-38(29)42-37/h7-9,15,17-18,20,22,27,31,35H,1-3,5,10-14,16,19,21H2,4,6H3/b36-26+,39-34?. The Morgan fingerprint density at radius 1 is 0.905 bits per heavy atom. The topological polar surface area (TPSA) is 50.8 Å². The minimum absolute atomic E-state index is 0.0437. The zero-order chi connectivity index (χ0) is 29.4. The first kappa shape index (κ1) is 28.1. The van der Waals surface area contributed by atoms with E-state index in [0.29, 0.717) is 18.1 Å². The van der Waals surface area contributed by atoms with E-state index in [1.165, 1.54) is 48.8 Å². The molecule has 0 radical (unpaired) electrons. The van der Waals surface area contributed by atoms with Gasteiger partial charge in [0.15, 0.2) is 0 Å². The van der Waals surface area contributed by atoms with Crippen molar-refractivity contribution in [3.05, 3.63) is 120 Å². The molecule has 42 heavy (non-hydrogen) atoms. The Bertz CT molecular complexity index is 1690. The number of aromatic nitrogens is 1. The zero-order valence-electron chi connectivity index (χ0n) is 25.1. The Kier molecular flexibility index (Phi) is 7.81. The first-order valence-electron chi connectivity index (χ1n) is 15.4. The normalized spacial score (nSPS) is 23.4. The van der Waals surface area contributed by atoms with E-state index >= 15 is 0 Å². The minimum atomic E-state index is 0.0437. The fraction of sp³-hybridized carbons (Fsp3) is 0.342. The molecule has 0 spiro atoms. The maximum atomic E-state index is 6.45. The van der Waals surface area contributed by atoms with Gasteiger partial charge in [0.05, 0.1) is 17.5 Å². The van der Waals surface area contributed by atoms with E-state index in [9.17, 15) is 0 Å². The number of fused-ring (bicyclic) bond motifs is 4. The maximum absolute atomic E-state index is 6.45. The molecule has 3 aliphatic rings. The van der Waals surface area contributed by atoms with Crippen LogP contribution in [0.4, 0.5) is 0 Å². The van der Waals surface area contributed by atoms with E-state index in [0.717, 1.165) is 63.5 Å². The van der Waals surface area contributed by atoms with Gasteiger partial charge in [-0.3, -0.25) is 9.98 Å². The van der Waals surface area contributed by atoms with Crippen LogP contribution in [0.5, 0.6) is 0 Å². The number of aryl methyl sites for hydroxylation is 2. The van der Waals surface area contributed by atoms with E-state index in [-0.39, 0.29) is 12.0 Å². The second-order valence-electron chi connectivity index (χ2n) is 12.1. The Morgan fingerprint density at radius 2 is 1.69 bits per heavy atom. The molecule has 1 saturated carbocycles. The molecule has 0 N–H and O–H groups in total. The van der Waals surface area contributed by atoms with Gasteiger partial charge in [-0.2, -0.15) is 0 Å². The predicted molar refractivity (Wildman–Crippen MR) is 177 cm³/mol. The summed E-state index contributed by atoms with van der Waals surface area (Å²) in [5.74, 6) is 1.66. The Hall–Kier alpha value is -4.05. The number of pyridine rings is 1. The molecule has 2 aliphatic heterocycles. The third-order valence-corrected chi connectivity index (χ3v) is 9.43. The lowest BCUT2D eigenvalue weighted by Crippen LogP contribution is -2.27. The summed E-state index contributed by atoms with van der Waals surface area (Å²) in [4.78, 5) is 15.0. The summed E-state index contributed by atoms with van der Waals surface area (Å²) in [6, 6.07) is 11.3. The number of aliphatic imine (C=N–C) groups is 2. The number of benzene rings is 1.